The molecule has 1 unspecified atom stereocenters. The van der Waals surface area contributed by atoms with Gasteiger partial charge in [0, 0.05) is 13.0 Å². The molecule has 0 N–H and O–H groups in total. The number of hydrogen-bond donors (Lipinski definition) is 0. The fourth-order valence-corrected chi connectivity index (χ4v) is 1.11. The van der Waals surface area contributed by atoms with Crippen molar-refractivity contribution in [3.8, 4) is 0 Å². The lowest BCUT2D eigenvalue weighted by atomic mass is 10.4. The summed E-state index contributed by atoms with van der Waals surface area (Å²) >= 11 is 0. The second-order valence-corrected chi connectivity index (χ2v) is 2.97. The fraction of sp³-hybridized carbons (Fsp3) is 0.556. The van der Waals surface area contributed by atoms with E-state index in [0.29, 0.717) is 13.0 Å². The quantitative estimate of drug-likeness (QED) is 0.606. The summed E-state index contributed by atoms with van der Waals surface area (Å²) in [5.74, 6) is -0.152. The van der Waals surface area contributed by atoms with E-state index in [1.807, 2.05) is 0 Å². The maximum atomic E-state index is 11.3. The average molecular weight is 183 g/mol. The highest BCUT2D eigenvalue weighted by Gasteiger charge is 2.28. The van der Waals surface area contributed by atoms with Gasteiger partial charge < -0.3 is 4.74 Å². The summed E-state index contributed by atoms with van der Waals surface area (Å²) in [6.45, 7) is 5.65. The molecule has 0 aromatic heterocycles. The van der Waals surface area contributed by atoms with Gasteiger partial charge in [0.05, 0.1) is 0 Å². The Morgan fingerprint density at radius 2 is 2.46 bits per heavy atom. The van der Waals surface area contributed by atoms with Crippen molar-refractivity contribution in [2.45, 2.75) is 25.9 Å². The number of likely N-dealkylation sites (tertiary alicyclic amines) is 1. The van der Waals surface area contributed by atoms with E-state index in [-0.39, 0.29) is 12.0 Å². The van der Waals surface area contributed by atoms with E-state index >= 15 is 0 Å². The van der Waals surface area contributed by atoms with Gasteiger partial charge in [-0.2, -0.15) is 0 Å². The van der Waals surface area contributed by atoms with E-state index in [1.165, 1.54) is 6.08 Å². The number of ether oxygens (including phenoxy) is 1. The summed E-state index contributed by atoms with van der Waals surface area (Å²) in [4.78, 5) is 23.5. The van der Waals surface area contributed by atoms with Gasteiger partial charge in [-0.3, -0.25) is 4.79 Å². The fourth-order valence-electron chi connectivity index (χ4n) is 1.11. The van der Waals surface area contributed by atoms with Gasteiger partial charge in [-0.15, -0.1) is 0 Å². The second kappa shape index (κ2) is 4.07. The third-order valence-corrected chi connectivity index (χ3v) is 1.91. The van der Waals surface area contributed by atoms with Crippen LogP contribution in [0.2, 0.25) is 0 Å². The predicted octanol–water partition coefficient (Wildman–Crippen LogP) is 1.32. The summed E-state index contributed by atoms with van der Waals surface area (Å²) in [6.07, 6.45) is 1.78. The minimum Gasteiger partial charge on any atom is -0.442 e. The largest absolute Gasteiger partial charge is 0.442 e. The molecule has 0 aliphatic carbocycles. The Morgan fingerprint density at radius 3 is 2.92 bits per heavy atom. The van der Waals surface area contributed by atoms with E-state index in [1.54, 1.807) is 6.92 Å². The molecule has 0 bridgehead atoms. The molecule has 1 aliphatic heterocycles. The van der Waals surface area contributed by atoms with Gasteiger partial charge in [-0.1, -0.05) is 12.7 Å². The highest BCUT2D eigenvalue weighted by molar-refractivity contribution is 5.93. The first kappa shape index (κ1) is 9.77. The van der Waals surface area contributed by atoms with Gasteiger partial charge in [-0.05, 0) is 13.3 Å². The van der Waals surface area contributed by atoms with Crippen molar-refractivity contribution in [2.24, 2.45) is 0 Å². The van der Waals surface area contributed by atoms with Crippen molar-refractivity contribution in [3.63, 3.8) is 0 Å². The molecule has 1 rings (SSSR count). The smallest absolute Gasteiger partial charge is 0.417 e. The van der Waals surface area contributed by atoms with Gasteiger partial charge >= 0.3 is 6.09 Å². The third-order valence-electron chi connectivity index (χ3n) is 1.91. The van der Waals surface area contributed by atoms with Gasteiger partial charge in [0.15, 0.2) is 0 Å². The average Bonchev–Trinajstić information content (AvgIpc) is 2.51. The van der Waals surface area contributed by atoms with Crippen LogP contribution in [0, 0.1) is 0 Å². The molecule has 1 atom stereocenters. The summed E-state index contributed by atoms with van der Waals surface area (Å²) in [7, 11) is 0. The SMILES string of the molecule is C=CC(C)OC(=O)N1CCCC1=O. The van der Waals surface area contributed by atoms with Gasteiger partial charge in [0.2, 0.25) is 5.91 Å². The first-order chi connectivity index (χ1) is 6.15. The van der Waals surface area contributed by atoms with Gasteiger partial charge in [-0.25, -0.2) is 9.69 Å². The molecular weight excluding hydrogens is 170 g/mol. The Morgan fingerprint density at radius 1 is 1.77 bits per heavy atom. The van der Waals surface area contributed by atoms with Crippen LogP contribution in [-0.2, 0) is 9.53 Å². The molecule has 0 aromatic carbocycles. The maximum Gasteiger partial charge on any atom is 0.417 e. The molecule has 4 nitrogen and oxygen atoms in total. The van der Waals surface area contributed by atoms with E-state index in [2.05, 4.69) is 6.58 Å². The van der Waals surface area contributed by atoms with Crippen LogP contribution < -0.4 is 0 Å². The van der Waals surface area contributed by atoms with Crippen LogP contribution in [-0.4, -0.2) is 29.5 Å². The van der Waals surface area contributed by atoms with Crippen molar-refractivity contribution >= 4 is 12.0 Å². The van der Waals surface area contributed by atoms with E-state index in [9.17, 15) is 9.59 Å². The van der Waals surface area contributed by atoms with Crippen LogP contribution in [0.5, 0.6) is 0 Å². The van der Waals surface area contributed by atoms with Gasteiger partial charge in [0.25, 0.3) is 0 Å². The normalized spacial score (nSPS) is 18.5. The van der Waals surface area contributed by atoms with E-state index in [4.69, 9.17) is 4.74 Å². The van der Waals surface area contributed by atoms with Crippen LogP contribution in [0.25, 0.3) is 0 Å². The Hall–Kier alpha value is -1.32. The van der Waals surface area contributed by atoms with Crippen LogP contribution in [0.15, 0.2) is 12.7 Å². The molecule has 1 saturated heterocycles. The predicted molar refractivity (Wildman–Crippen MR) is 47.1 cm³/mol. The zero-order chi connectivity index (χ0) is 9.84. The second-order valence-electron chi connectivity index (χ2n) is 2.97. The Bertz CT molecular complexity index is 237. The highest BCUT2D eigenvalue weighted by atomic mass is 16.6. The van der Waals surface area contributed by atoms with Crippen molar-refractivity contribution < 1.29 is 14.3 Å². The van der Waals surface area contributed by atoms with E-state index in [0.717, 1.165) is 11.3 Å². The minimum atomic E-state index is -0.560. The topological polar surface area (TPSA) is 46.6 Å². The molecule has 1 aliphatic rings. The summed E-state index contributed by atoms with van der Waals surface area (Å²) in [6, 6.07) is 0. The summed E-state index contributed by atoms with van der Waals surface area (Å²) < 4.78 is 4.90. The Labute approximate surface area is 77.2 Å². The molecule has 1 heterocycles. The maximum absolute atomic E-state index is 11.3. The number of rotatable bonds is 2. The highest BCUT2D eigenvalue weighted by Crippen LogP contribution is 2.11. The van der Waals surface area contributed by atoms with Crippen molar-refractivity contribution in [1.82, 2.24) is 4.90 Å². The van der Waals surface area contributed by atoms with Crippen molar-refractivity contribution in [2.75, 3.05) is 6.54 Å². The molecule has 0 saturated carbocycles. The molecule has 1 fully saturated rings. The number of carbonyl (C=O) groups excluding carboxylic acids is 2. The summed E-state index contributed by atoms with van der Waals surface area (Å²) in [5.41, 5.74) is 0. The van der Waals surface area contributed by atoms with E-state index < -0.39 is 6.09 Å². The molecular formula is C9H13NO3. The van der Waals surface area contributed by atoms with Crippen LogP contribution >= 0.6 is 0 Å². The van der Waals surface area contributed by atoms with Crippen LogP contribution in [0.1, 0.15) is 19.8 Å². The number of amides is 2. The van der Waals surface area contributed by atoms with Crippen molar-refractivity contribution in [3.05, 3.63) is 12.7 Å². The molecule has 4 heteroatoms. The molecule has 72 valence electrons. The minimum absolute atomic E-state index is 0.152. The number of imide groups is 1. The van der Waals surface area contributed by atoms with Crippen LogP contribution in [0.3, 0.4) is 0 Å². The number of hydrogen-bond acceptors (Lipinski definition) is 3. The Kier molecular flexibility index (Phi) is 3.06. The summed E-state index contributed by atoms with van der Waals surface area (Å²) in [5, 5.41) is 0. The number of nitrogens with zero attached hydrogens (tertiary/aromatic N) is 1. The zero-order valence-electron chi connectivity index (χ0n) is 7.66. The standard InChI is InChI=1S/C9H13NO3/c1-3-7(2)13-9(12)10-6-4-5-8(10)11/h3,7H,1,4-6H2,2H3. The first-order valence-corrected chi connectivity index (χ1v) is 4.28. The molecule has 0 radical (unpaired) electrons. The van der Waals surface area contributed by atoms with Gasteiger partial charge in [0.1, 0.15) is 6.10 Å². The molecule has 0 aromatic rings. The lowest BCUT2D eigenvalue weighted by molar-refractivity contribution is -0.126. The van der Waals surface area contributed by atoms with Crippen LogP contribution in [0.4, 0.5) is 4.79 Å². The molecule has 2 amide bonds. The lowest BCUT2D eigenvalue weighted by Crippen LogP contribution is -2.34. The molecule has 13 heavy (non-hydrogen) atoms. The number of carbonyl (C=O) groups is 2. The lowest BCUT2D eigenvalue weighted by Gasteiger charge is -2.15. The molecule has 0 spiro atoms. The Balaban J connectivity index is 2.47. The third kappa shape index (κ3) is 2.31. The van der Waals surface area contributed by atoms with Crippen molar-refractivity contribution in [1.29, 1.82) is 0 Å². The zero-order valence-corrected chi connectivity index (χ0v) is 7.66. The monoisotopic (exact) mass is 183 g/mol. The first-order valence-electron chi connectivity index (χ1n) is 4.28.